The molecule has 1 N–H and O–H groups in total. The number of ether oxygens (including phenoxy) is 2. The smallest absolute Gasteiger partial charge is 0.329 e. The van der Waals surface area contributed by atoms with E-state index in [9.17, 15) is 9.59 Å². The lowest BCUT2D eigenvalue weighted by atomic mass is 10.1. The minimum absolute atomic E-state index is 0.180. The summed E-state index contributed by atoms with van der Waals surface area (Å²) in [5.74, 6) is 0.501. The lowest BCUT2D eigenvalue weighted by molar-refractivity contribution is -0.123. The van der Waals surface area contributed by atoms with Gasteiger partial charge in [-0.25, -0.2) is 4.79 Å². The highest BCUT2D eigenvalue weighted by Crippen LogP contribution is 2.37. The Morgan fingerprint density at radius 3 is 2.54 bits per heavy atom. The minimum Gasteiger partial charge on any atom is -0.493 e. The van der Waals surface area contributed by atoms with E-state index in [4.69, 9.17) is 21.1 Å². The molecule has 3 rings (SSSR count). The summed E-state index contributed by atoms with van der Waals surface area (Å²) in [6.07, 6.45) is 1.57. The first kappa shape index (κ1) is 19.8. The van der Waals surface area contributed by atoms with Crippen LogP contribution in [-0.2, 0) is 11.3 Å². The maximum Gasteiger partial charge on any atom is 0.329 e. The van der Waals surface area contributed by atoms with E-state index in [1.54, 1.807) is 18.2 Å². The summed E-state index contributed by atoms with van der Waals surface area (Å²) in [5.41, 5.74) is 2.79. The Balaban J connectivity index is 1.85. The fourth-order valence-electron chi connectivity index (χ4n) is 2.87. The number of rotatable bonds is 6. The van der Waals surface area contributed by atoms with Crippen molar-refractivity contribution in [1.82, 2.24) is 10.2 Å². The van der Waals surface area contributed by atoms with E-state index in [1.807, 2.05) is 38.1 Å². The molecule has 0 aliphatic carbocycles. The van der Waals surface area contributed by atoms with Crippen molar-refractivity contribution in [2.24, 2.45) is 0 Å². The molecule has 6 nitrogen and oxygen atoms in total. The number of hydrogen-bond acceptors (Lipinski definition) is 4. The Kier molecular flexibility index (Phi) is 5.90. The van der Waals surface area contributed by atoms with Gasteiger partial charge in [-0.15, -0.1) is 0 Å². The van der Waals surface area contributed by atoms with Crippen molar-refractivity contribution in [3.8, 4) is 11.5 Å². The van der Waals surface area contributed by atoms with Crippen molar-refractivity contribution in [2.45, 2.75) is 20.4 Å². The van der Waals surface area contributed by atoms with Gasteiger partial charge in [-0.3, -0.25) is 9.69 Å². The van der Waals surface area contributed by atoms with Crippen LogP contribution in [0.3, 0.4) is 0 Å². The fraction of sp³-hybridized carbons (Fsp3) is 0.238. The summed E-state index contributed by atoms with van der Waals surface area (Å²) >= 11 is 6.27. The second-order valence-electron chi connectivity index (χ2n) is 6.33. The Morgan fingerprint density at radius 2 is 1.89 bits per heavy atom. The number of carbonyl (C=O) groups excluding carboxylic acids is 2. The van der Waals surface area contributed by atoms with Crippen molar-refractivity contribution in [3.05, 3.63) is 63.8 Å². The van der Waals surface area contributed by atoms with Gasteiger partial charge in [-0.05, 0) is 43.2 Å². The Hall–Kier alpha value is -2.99. The summed E-state index contributed by atoms with van der Waals surface area (Å²) in [6, 6.07) is 10.6. The molecular formula is C21H21ClN2O4. The van der Waals surface area contributed by atoms with Gasteiger partial charge in [0.1, 0.15) is 5.70 Å². The third-order valence-electron chi connectivity index (χ3n) is 4.28. The molecule has 0 atom stereocenters. The number of methoxy groups -OCH3 is 1. The van der Waals surface area contributed by atoms with Gasteiger partial charge in [-0.2, -0.15) is 0 Å². The zero-order valence-electron chi connectivity index (χ0n) is 15.9. The lowest BCUT2D eigenvalue weighted by Gasteiger charge is -2.12. The summed E-state index contributed by atoms with van der Waals surface area (Å²) in [4.78, 5) is 26.1. The first-order chi connectivity index (χ1) is 13.4. The third-order valence-corrected chi connectivity index (χ3v) is 4.56. The van der Waals surface area contributed by atoms with Crippen molar-refractivity contribution >= 4 is 29.6 Å². The molecule has 146 valence electrons. The van der Waals surface area contributed by atoms with Gasteiger partial charge in [0.15, 0.2) is 11.5 Å². The molecule has 1 saturated heterocycles. The van der Waals surface area contributed by atoms with Crippen molar-refractivity contribution in [2.75, 3.05) is 13.7 Å². The fourth-order valence-corrected chi connectivity index (χ4v) is 3.14. The van der Waals surface area contributed by atoms with Gasteiger partial charge in [0, 0.05) is 0 Å². The molecule has 0 saturated carbocycles. The molecular weight excluding hydrogens is 380 g/mol. The van der Waals surface area contributed by atoms with Crippen LogP contribution >= 0.6 is 11.6 Å². The van der Waals surface area contributed by atoms with Crippen molar-refractivity contribution in [3.63, 3.8) is 0 Å². The quantitative estimate of drug-likeness (QED) is 0.584. The van der Waals surface area contributed by atoms with E-state index in [-0.39, 0.29) is 12.2 Å². The number of hydrogen-bond donors (Lipinski definition) is 1. The molecule has 3 amide bonds. The van der Waals surface area contributed by atoms with Gasteiger partial charge in [0.25, 0.3) is 5.91 Å². The van der Waals surface area contributed by atoms with Crippen LogP contribution in [0.25, 0.3) is 6.08 Å². The molecule has 7 heteroatoms. The zero-order chi connectivity index (χ0) is 20.3. The zero-order valence-corrected chi connectivity index (χ0v) is 16.7. The molecule has 1 aliphatic heterocycles. The molecule has 0 aromatic heterocycles. The number of carbonyl (C=O) groups is 2. The maximum absolute atomic E-state index is 12.7. The topological polar surface area (TPSA) is 67.9 Å². The number of aryl methyl sites for hydroxylation is 1. The normalized spacial score (nSPS) is 15.1. The number of halogens is 1. The molecule has 1 heterocycles. The number of imide groups is 1. The van der Waals surface area contributed by atoms with E-state index in [1.165, 1.54) is 12.0 Å². The predicted octanol–water partition coefficient (Wildman–Crippen LogP) is 4.15. The van der Waals surface area contributed by atoms with Crippen LogP contribution < -0.4 is 14.8 Å². The summed E-state index contributed by atoms with van der Waals surface area (Å²) < 4.78 is 10.8. The number of nitrogens with one attached hydrogen (secondary N) is 1. The van der Waals surface area contributed by atoms with E-state index in [2.05, 4.69) is 5.32 Å². The van der Waals surface area contributed by atoms with Gasteiger partial charge >= 0.3 is 6.03 Å². The third kappa shape index (κ3) is 4.12. The largest absolute Gasteiger partial charge is 0.493 e. The molecule has 28 heavy (non-hydrogen) atoms. The van der Waals surface area contributed by atoms with Crippen LogP contribution in [0.1, 0.15) is 23.6 Å². The van der Waals surface area contributed by atoms with Crippen LogP contribution in [0, 0.1) is 6.92 Å². The number of amides is 3. The highest BCUT2D eigenvalue weighted by atomic mass is 35.5. The van der Waals surface area contributed by atoms with Crippen LogP contribution in [0.15, 0.2) is 42.1 Å². The standard InChI is InChI=1S/C21H21ClN2O4/c1-4-28-19-16(22)9-15(11-18(19)27-3)10-17-20(25)24(21(26)23-17)12-14-7-5-13(2)6-8-14/h5-11H,4,12H2,1-3H3,(H,23,26)/b17-10+. The van der Waals surface area contributed by atoms with Gasteiger partial charge < -0.3 is 14.8 Å². The highest BCUT2D eigenvalue weighted by molar-refractivity contribution is 6.32. The molecule has 2 aromatic rings. The molecule has 1 aliphatic rings. The Bertz CT molecular complexity index is 938. The molecule has 0 spiro atoms. The van der Waals surface area contributed by atoms with Crippen LogP contribution in [0.2, 0.25) is 5.02 Å². The van der Waals surface area contributed by atoms with Gasteiger partial charge in [-0.1, -0.05) is 41.4 Å². The van der Waals surface area contributed by atoms with E-state index in [0.29, 0.717) is 28.7 Å². The first-order valence-corrected chi connectivity index (χ1v) is 9.21. The Labute approximate surface area is 168 Å². The number of nitrogens with zero attached hydrogens (tertiary/aromatic N) is 1. The minimum atomic E-state index is -0.458. The lowest BCUT2D eigenvalue weighted by Crippen LogP contribution is -2.30. The van der Waals surface area contributed by atoms with Gasteiger partial charge in [0.05, 0.1) is 25.3 Å². The van der Waals surface area contributed by atoms with Crippen LogP contribution in [0.4, 0.5) is 4.79 Å². The Morgan fingerprint density at radius 1 is 1.18 bits per heavy atom. The highest BCUT2D eigenvalue weighted by Gasteiger charge is 2.33. The molecule has 0 unspecified atom stereocenters. The monoisotopic (exact) mass is 400 g/mol. The van der Waals surface area contributed by atoms with Crippen molar-refractivity contribution in [1.29, 1.82) is 0 Å². The second-order valence-corrected chi connectivity index (χ2v) is 6.74. The van der Waals surface area contributed by atoms with E-state index in [0.717, 1.165) is 11.1 Å². The van der Waals surface area contributed by atoms with E-state index < -0.39 is 11.9 Å². The SMILES string of the molecule is CCOc1c(Cl)cc(/C=C2/NC(=O)N(Cc3ccc(C)cc3)C2=O)cc1OC. The average molecular weight is 401 g/mol. The maximum atomic E-state index is 12.7. The van der Waals surface area contributed by atoms with Crippen molar-refractivity contribution < 1.29 is 19.1 Å². The average Bonchev–Trinajstić information content (AvgIpc) is 2.92. The second kappa shape index (κ2) is 8.35. The van der Waals surface area contributed by atoms with E-state index >= 15 is 0 Å². The van der Waals surface area contributed by atoms with Crippen LogP contribution in [-0.4, -0.2) is 30.6 Å². The number of urea groups is 1. The van der Waals surface area contributed by atoms with Gasteiger partial charge in [0.2, 0.25) is 0 Å². The summed E-state index contributed by atoms with van der Waals surface area (Å²) in [5, 5.41) is 2.98. The summed E-state index contributed by atoms with van der Waals surface area (Å²) in [7, 11) is 1.51. The molecule has 0 radical (unpaired) electrons. The molecule has 0 bridgehead atoms. The molecule has 2 aromatic carbocycles. The molecule has 1 fully saturated rings. The predicted molar refractivity (Wildman–Crippen MR) is 107 cm³/mol. The first-order valence-electron chi connectivity index (χ1n) is 8.83. The summed E-state index contributed by atoms with van der Waals surface area (Å²) in [6.45, 7) is 4.48. The number of benzene rings is 2. The van der Waals surface area contributed by atoms with Crippen LogP contribution in [0.5, 0.6) is 11.5 Å².